The smallest absolute Gasteiger partial charge is 0.0132 e. The summed E-state index contributed by atoms with van der Waals surface area (Å²) in [5.74, 6) is 0. The first-order valence-electron chi connectivity index (χ1n) is 10.8. The predicted molar refractivity (Wildman–Crippen MR) is 147 cm³/mol. The first kappa shape index (κ1) is 31.2. The number of allylic oxidation sites excluding steroid dienone is 2. The van der Waals surface area contributed by atoms with Gasteiger partial charge in [0.1, 0.15) is 0 Å². The minimum Gasteiger partial charge on any atom is -0.0667 e. The topological polar surface area (TPSA) is 0 Å². The molecular formula is C25H45CoP4. The van der Waals surface area contributed by atoms with Crippen molar-refractivity contribution < 1.29 is 16.8 Å². The van der Waals surface area contributed by atoms with E-state index in [4.69, 9.17) is 0 Å². The van der Waals surface area contributed by atoms with Gasteiger partial charge in [-0.15, -0.1) is 0 Å². The van der Waals surface area contributed by atoms with Crippen molar-refractivity contribution in [2.45, 2.75) is 104 Å². The van der Waals surface area contributed by atoms with Gasteiger partial charge in [-0.05, 0) is 51.3 Å². The van der Waals surface area contributed by atoms with E-state index in [1.165, 1.54) is 33.2 Å². The van der Waals surface area contributed by atoms with Crippen molar-refractivity contribution in [3.63, 3.8) is 0 Å². The van der Waals surface area contributed by atoms with Gasteiger partial charge >= 0.3 is 0 Å². The van der Waals surface area contributed by atoms with E-state index in [1.807, 2.05) is 0 Å². The molecule has 0 unspecified atom stereocenters. The van der Waals surface area contributed by atoms with Crippen LogP contribution in [0.15, 0.2) is 10.6 Å². The van der Waals surface area contributed by atoms with Crippen molar-refractivity contribution in [3.8, 4) is 0 Å². The Hall–Kier alpha value is 1.19. The summed E-state index contributed by atoms with van der Waals surface area (Å²) in [6.45, 7) is 35.0. The summed E-state index contributed by atoms with van der Waals surface area (Å²) in [5.41, 5.74) is 1.75. The predicted octanol–water partition coefficient (Wildman–Crippen LogP) is 10.6. The number of hydrogen-bond donors (Lipinski definition) is 0. The fraction of sp³-hybridized carbons (Fsp3) is 0.800. The summed E-state index contributed by atoms with van der Waals surface area (Å²) in [6, 6.07) is 0. The van der Waals surface area contributed by atoms with Crippen LogP contribution in [0.4, 0.5) is 0 Å². The molecule has 0 bridgehead atoms. The molecule has 0 saturated heterocycles. The molecule has 2 aliphatic heterocycles. The second-order valence-electron chi connectivity index (χ2n) is 13.4. The van der Waals surface area contributed by atoms with E-state index < -0.39 is 0 Å². The first-order valence-corrected chi connectivity index (χ1v) is 14.4. The Morgan fingerprint density at radius 3 is 0.867 bits per heavy atom. The van der Waals surface area contributed by atoms with Gasteiger partial charge in [0.25, 0.3) is 0 Å². The van der Waals surface area contributed by atoms with Gasteiger partial charge in [-0.1, -0.05) is 128 Å². The molecule has 0 aliphatic carbocycles. The van der Waals surface area contributed by atoms with Crippen LogP contribution in [0.2, 0.25) is 0 Å². The third kappa shape index (κ3) is 8.85. The molecule has 5 heteroatoms. The Morgan fingerprint density at radius 1 is 0.367 bits per heavy atom. The molecule has 0 fully saturated rings. The normalized spacial score (nSPS) is 20.3. The second-order valence-corrected chi connectivity index (χ2v) is 18.9. The molecular weight excluding hydrogens is 483 g/mol. The maximum absolute atomic E-state index is 2.35. The third-order valence-corrected chi connectivity index (χ3v) is 14.0. The molecule has 2 aliphatic rings. The second kappa shape index (κ2) is 10.2. The number of rotatable bonds is 0. The van der Waals surface area contributed by atoms with Gasteiger partial charge < -0.3 is 0 Å². The summed E-state index contributed by atoms with van der Waals surface area (Å²) in [4.78, 5) is 0. The van der Waals surface area contributed by atoms with E-state index in [-0.39, 0.29) is 16.8 Å². The Labute approximate surface area is 206 Å². The van der Waals surface area contributed by atoms with E-state index >= 15 is 0 Å². The summed E-state index contributed by atoms with van der Waals surface area (Å²) in [7, 11) is 6.01. The van der Waals surface area contributed by atoms with Crippen molar-refractivity contribution in [1.82, 2.24) is 0 Å². The quantitative estimate of drug-likeness (QED) is 0.274. The average molecular weight is 528 g/mol. The van der Waals surface area contributed by atoms with E-state index in [9.17, 15) is 0 Å². The zero-order valence-corrected chi connectivity index (χ0v) is 26.7. The van der Waals surface area contributed by atoms with Crippen molar-refractivity contribution in [3.05, 3.63) is 10.6 Å². The molecule has 0 nitrogen and oxygen atoms in total. The molecule has 2 heterocycles. The average Bonchev–Trinajstić information content (AvgIpc) is 2.77. The SMILES string of the molecule is CC(C)(C)C1=PC(C(C)(C)C)=C(C(C)(C)C)[P]1.CC(C)(C)C1=PC(C(C)(C)C)=P1.[Co]. The van der Waals surface area contributed by atoms with E-state index in [2.05, 4.69) is 104 Å². The molecule has 174 valence electrons. The van der Waals surface area contributed by atoms with Crippen LogP contribution in [0.25, 0.3) is 0 Å². The maximum atomic E-state index is 2.35. The van der Waals surface area contributed by atoms with Crippen LogP contribution in [0.5, 0.6) is 0 Å². The standard InChI is InChI=1S/C15H27P2.C10H18P2.Co/c1-13(2,3)10-11(14(4,5)6)17-12(16-10)15(7,8)9;1-9(2,3)7-11-8(12-7)10(4,5)6;/h1-9H3;1-6H3;. The Morgan fingerprint density at radius 2 is 0.667 bits per heavy atom. The molecule has 0 aromatic heterocycles. The fourth-order valence-electron chi connectivity index (χ4n) is 2.60. The Balaban J connectivity index is 0.000000573. The van der Waals surface area contributed by atoms with Gasteiger partial charge in [-0.2, -0.15) is 0 Å². The summed E-state index contributed by atoms with van der Waals surface area (Å²) in [5, 5.41) is 8.31. The van der Waals surface area contributed by atoms with Crippen molar-refractivity contribution in [1.29, 1.82) is 0 Å². The third-order valence-electron chi connectivity index (χ3n) is 4.52. The Bertz CT molecular complexity index is 714. The van der Waals surface area contributed by atoms with E-state index in [0.717, 1.165) is 0 Å². The first-order chi connectivity index (χ1) is 12.5. The molecule has 0 amide bonds. The van der Waals surface area contributed by atoms with E-state index in [0.29, 0.717) is 27.1 Å². The van der Waals surface area contributed by atoms with Crippen molar-refractivity contribution >= 4 is 48.3 Å². The van der Waals surface area contributed by atoms with Crippen molar-refractivity contribution in [2.75, 3.05) is 0 Å². The van der Waals surface area contributed by atoms with Gasteiger partial charge in [-0.3, -0.25) is 0 Å². The fourth-order valence-corrected chi connectivity index (χ4v) is 9.00. The molecule has 0 atom stereocenters. The molecule has 0 aromatic carbocycles. The van der Waals surface area contributed by atoms with Crippen LogP contribution in [0.1, 0.15) is 104 Å². The van der Waals surface area contributed by atoms with Gasteiger partial charge in [0, 0.05) is 26.8 Å². The molecule has 0 aromatic rings. The molecule has 0 saturated carbocycles. The van der Waals surface area contributed by atoms with Crippen LogP contribution < -0.4 is 0 Å². The zero-order valence-electron chi connectivity index (χ0n) is 22.1. The largest absolute Gasteiger partial charge is 0.0667 e. The molecule has 30 heavy (non-hydrogen) atoms. The summed E-state index contributed by atoms with van der Waals surface area (Å²) >= 11 is 0. The van der Waals surface area contributed by atoms with Crippen LogP contribution >= 0.6 is 33.2 Å². The van der Waals surface area contributed by atoms with Crippen LogP contribution in [-0.4, -0.2) is 15.1 Å². The maximum Gasteiger partial charge on any atom is 0.0132 e. The Kier molecular flexibility index (Phi) is 10.6. The van der Waals surface area contributed by atoms with Gasteiger partial charge in [0.05, 0.1) is 0 Å². The minimum atomic E-state index is 0. The number of hydrogen-bond acceptors (Lipinski definition) is 0. The van der Waals surface area contributed by atoms with Gasteiger partial charge in [0.2, 0.25) is 0 Å². The zero-order chi connectivity index (χ0) is 23.2. The van der Waals surface area contributed by atoms with E-state index in [1.54, 1.807) is 25.7 Å². The van der Waals surface area contributed by atoms with Gasteiger partial charge in [-0.25, -0.2) is 0 Å². The summed E-state index contributed by atoms with van der Waals surface area (Å²) < 4.78 is 0. The molecule has 0 spiro atoms. The minimum absolute atomic E-state index is 0. The van der Waals surface area contributed by atoms with Crippen LogP contribution in [0, 0.1) is 27.1 Å². The monoisotopic (exact) mass is 528 g/mol. The van der Waals surface area contributed by atoms with Crippen LogP contribution in [0.3, 0.4) is 0 Å². The van der Waals surface area contributed by atoms with Crippen molar-refractivity contribution in [2.24, 2.45) is 27.1 Å². The summed E-state index contributed by atoms with van der Waals surface area (Å²) in [6.07, 6.45) is 0. The van der Waals surface area contributed by atoms with Gasteiger partial charge in [0.15, 0.2) is 0 Å². The molecule has 2 radical (unpaired) electrons. The van der Waals surface area contributed by atoms with Crippen LogP contribution in [-0.2, 0) is 16.8 Å². The molecule has 2 rings (SSSR count). The molecule has 0 N–H and O–H groups in total.